The summed E-state index contributed by atoms with van der Waals surface area (Å²) in [5.74, 6) is -0.00887. The molecule has 0 aliphatic carbocycles. The first kappa shape index (κ1) is 25.8. The molecule has 0 bridgehead atoms. The highest BCUT2D eigenvalue weighted by Gasteiger charge is 2.25. The van der Waals surface area contributed by atoms with Crippen molar-refractivity contribution in [2.45, 2.75) is 12.8 Å². The molecule has 2 aromatic rings. The summed E-state index contributed by atoms with van der Waals surface area (Å²) in [5.41, 5.74) is 1.46. The number of methoxy groups -OCH3 is 4. The van der Waals surface area contributed by atoms with Crippen LogP contribution in [-0.4, -0.2) is 48.4 Å². The Bertz CT molecular complexity index is 1010. The fraction of sp³-hybridized carbons (Fsp3) is 0.417. The molecule has 0 spiro atoms. The number of benzene rings is 2. The van der Waals surface area contributed by atoms with Crippen LogP contribution in [-0.2, 0) is 22.7 Å². The molecule has 0 radical (unpaired) electrons. The molecule has 2 aromatic carbocycles. The predicted molar refractivity (Wildman–Crippen MR) is 123 cm³/mol. The van der Waals surface area contributed by atoms with Gasteiger partial charge in [-0.3, -0.25) is 0 Å². The lowest BCUT2D eigenvalue weighted by atomic mass is 10.0. The molecule has 0 aromatic heterocycles. The standard InChI is InChI=1S/C24H28N2O6S/c1-29-21-7-17(8-22(11-21)30-2)5-19(13-25)15-33(27,28)16-20(14-26)6-18-9-23(31-3)12-24(10-18)32-4/h7-12,19-20H,5-6,15-16H2,1-4H3. The molecular formula is C24H28N2O6S. The highest BCUT2D eigenvalue weighted by Crippen LogP contribution is 2.26. The lowest BCUT2D eigenvalue weighted by Gasteiger charge is -2.15. The van der Waals surface area contributed by atoms with Crippen molar-refractivity contribution >= 4 is 9.84 Å². The maximum atomic E-state index is 12.8. The molecule has 0 N–H and O–H groups in total. The van der Waals surface area contributed by atoms with Crippen LogP contribution in [0.3, 0.4) is 0 Å². The van der Waals surface area contributed by atoms with Crippen LogP contribution in [0.5, 0.6) is 23.0 Å². The van der Waals surface area contributed by atoms with Crippen molar-refractivity contribution < 1.29 is 27.4 Å². The van der Waals surface area contributed by atoms with Crippen LogP contribution < -0.4 is 18.9 Å². The molecule has 33 heavy (non-hydrogen) atoms. The summed E-state index contributed by atoms with van der Waals surface area (Å²) in [4.78, 5) is 0. The molecule has 0 aliphatic heterocycles. The monoisotopic (exact) mass is 472 g/mol. The molecule has 0 saturated carbocycles. The van der Waals surface area contributed by atoms with E-state index in [1.54, 1.807) is 36.4 Å². The van der Waals surface area contributed by atoms with Gasteiger partial charge in [0, 0.05) is 12.1 Å². The quantitative estimate of drug-likeness (QED) is 0.462. The zero-order chi connectivity index (χ0) is 24.4. The second-order valence-electron chi connectivity index (χ2n) is 7.58. The van der Waals surface area contributed by atoms with Crippen LogP contribution >= 0.6 is 0 Å². The second kappa shape index (κ2) is 12.0. The molecule has 8 nitrogen and oxygen atoms in total. The molecule has 0 aliphatic rings. The van der Waals surface area contributed by atoms with Crippen molar-refractivity contribution in [2.75, 3.05) is 39.9 Å². The molecule has 2 unspecified atom stereocenters. The van der Waals surface area contributed by atoms with Crippen LogP contribution in [0.1, 0.15) is 11.1 Å². The van der Waals surface area contributed by atoms with E-state index in [9.17, 15) is 18.9 Å². The third-order valence-corrected chi connectivity index (χ3v) is 6.88. The summed E-state index contributed by atoms with van der Waals surface area (Å²) < 4.78 is 46.6. The fourth-order valence-electron chi connectivity index (χ4n) is 3.50. The van der Waals surface area contributed by atoms with Gasteiger partial charge in [0.25, 0.3) is 0 Å². The van der Waals surface area contributed by atoms with Crippen molar-refractivity contribution in [1.29, 1.82) is 10.5 Å². The topological polar surface area (TPSA) is 119 Å². The van der Waals surface area contributed by atoms with Gasteiger partial charge in [-0.15, -0.1) is 0 Å². The van der Waals surface area contributed by atoms with Gasteiger partial charge in [-0.2, -0.15) is 10.5 Å². The minimum atomic E-state index is -3.68. The maximum Gasteiger partial charge on any atom is 0.152 e. The van der Waals surface area contributed by atoms with Gasteiger partial charge < -0.3 is 18.9 Å². The Morgan fingerprint density at radius 3 is 1.21 bits per heavy atom. The minimum absolute atomic E-state index is 0.216. The van der Waals surface area contributed by atoms with E-state index in [1.165, 1.54) is 28.4 Å². The smallest absolute Gasteiger partial charge is 0.152 e. The molecule has 0 fully saturated rings. The van der Waals surface area contributed by atoms with Gasteiger partial charge in [-0.1, -0.05) is 0 Å². The van der Waals surface area contributed by atoms with E-state index in [-0.39, 0.29) is 24.3 Å². The maximum absolute atomic E-state index is 12.8. The second-order valence-corrected chi connectivity index (χ2v) is 9.73. The van der Waals surface area contributed by atoms with Crippen LogP contribution in [0.2, 0.25) is 0 Å². The summed E-state index contributed by atoms with van der Waals surface area (Å²) in [6, 6.07) is 14.5. The lowest BCUT2D eigenvalue weighted by molar-refractivity contribution is 0.393. The number of nitriles is 2. The lowest BCUT2D eigenvalue weighted by Crippen LogP contribution is -2.24. The van der Waals surface area contributed by atoms with E-state index in [0.29, 0.717) is 23.0 Å². The molecule has 0 amide bonds. The number of nitrogens with zero attached hydrogens (tertiary/aromatic N) is 2. The Labute approximate surface area is 195 Å². The Morgan fingerprint density at radius 1 is 0.667 bits per heavy atom. The first-order valence-corrected chi connectivity index (χ1v) is 12.0. The number of hydrogen-bond acceptors (Lipinski definition) is 8. The van der Waals surface area contributed by atoms with Gasteiger partial charge in [0.1, 0.15) is 23.0 Å². The Balaban J connectivity index is 2.12. The number of ether oxygens (including phenoxy) is 4. The molecule has 2 atom stereocenters. The van der Waals surface area contributed by atoms with Gasteiger partial charge in [0.15, 0.2) is 9.84 Å². The third-order valence-electron chi connectivity index (χ3n) is 5.06. The average Bonchev–Trinajstić information content (AvgIpc) is 2.82. The van der Waals surface area contributed by atoms with Gasteiger partial charge in [0.05, 0.1) is 63.9 Å². The first-order valence-electron chi connectivity index (χ1n) is 10.2. The summed E-state index contributed by atoms with van der Waals surface area (Å²) in [5, 5.41) is 19.2. The molecule has 0 saturated heterocycles. The molecular weight excluding hydrogens is 444 g/mol. The summed E-state index contributed by atoms with van der Waals surface area (Å²) >= 11 is 0. The normalized spacial score (nSPS) is 12.7. The van der Waals surface area contributed by atoms with E-state index in [4.69, 9.17) is 18.9 Å². The number of sulfone groups is 1. The van der Waals surface area contributed by atoms with Gasteiger partial charge in [0.2, 0.25) is 0 Å². The van der Waals surface area contributed by atoms with E-state index < -0.39 is 21.7 Å². The first-order chi connectivity index (χ1) is 15.7. The Kier molecular flexibility index (Phi) is 9.38. The molecule has 2 rings (SSSR count). The zero-order valence-corrected chi connectivity index (χ0v) is 20.0. The van der Waals surface area contributed by atoms with E-state index in [2.05, 4.69) is 12.1 Å². The van der Waals surface area contributed by atoms with Crippen molar-refractivity contribution in [3.05, 3.63) is 47.5 Å². The average molecular weight is 473 g/mol. The van der Waals surface area contributed by atoms with E-state index >= 15 is 0 Å². The molecule has 9 heteroatoms. The van der Waals surface area contributed by atoms with Crippen LogP contribution in [0.15, 0.2) is 36.4 Å². The van der Waals surface area contributed by atoms with Crippen LogP contribution in [0, 0.1) is 34.5 Å². The van der Waals surface area contributed by atoms with Crippen LogP contribution in [0.25, 0.3) is 0 Å². The Hall–Kier alpha value is -3.43. The van der Waals surface area contributed by atoms with Crippen molar-refractivity contribution in [3.63, 3.8) is 0 Å². The number of rotatable bonds is 12. The van der Waals surface area contributed by atoms with Crippen molar-refractivity contribution in [1.82, 2.24) is 0 Å². The summed E-state index contributed by atoms with van der Waals surface area (Å²) in [6.45, 7) is 0. The van der Waals surface area contributed by atoms with E-state index in [1.807, 2.05) is 0 Å². The van der Waals surface area contributed by atoms with Gasteiger partial charge in [-0.05, 0) is 48.2 Å². The van der Waals surface area contributed by atoms with Gasteiger partial charge in [-0.25, -0.2) is 8.42 Å². The van der Waals surface area contributed by atoms with Crippen molar-refractivity contribution in [2.24, 2.45) is 11.8 Å². The highest BCUT2D eigenvalue weighted by molar-refractivity contribution is 7.91. The third kappa shape index (κ3) is 7.89. The predicted octanol–water partition coefficient (Wildman–Crippen LogP) is 3.20. The summed E-state index contributed by atoms with van der Waals surface area (Å²) in [6.07, 6.45) is 0.432. The zero-order valence-electron chi connectivity index (χ0n) is 19.2. The Morgan fingerprint density at radius 2 is 0.970 bits per heavy atom. The number of hydrogen-bond donors (Lipinski definition) is 0. The highest BCUT2D eigenvalue weighted by atomic mass is 32.2. The van der Waals surface area contributed by atoms with E-state index in [0.717, 1.165) is 11.1 Å². The SMILES string of the molecule is COc1cc(CC(C#N)CS(=O)(=O)CC(C#N)Cc2cc(OC)cc(OC)c2)cc(OC)c1. The summed E-state index contributed by atoms with van der Waals surface area (Å²) in [7, 11) is 2.40. The fourth-order valence-corrected chi connectivity index (χ4v) is 5.25. The van der Waals surface area contributed by atoms with Crippen molar-refractivity contribution in [3.8, 4) is 35.1 Å². The van der Waals surface area contributed by atoms with Crippen LogP contribution in [0.4, 0.5) is 0 Å². The minimum Gasteiger partial charge on any atom is -0.497 e. The molecule has 176 valence electrons. The van der Waals surface area contributed by atoms with Gasteiger partial charge >= 0.3 is 0 Å². The largest absolute Gasteiger partial charge is 0.497 e. The molecule has 0 heterocycles.